The van der Waals surface area contributed by atoms with Crippen molar-refractivity contribution in [2.24, 2.45) is 0 Å². The number of anilines is 1. The largest absolute Gasteiger partial charge is 0.473 e. The minimum absolute atomic E-state index is 0.354. The van der Waals surface area contributed by atoms with Crippen molar-refractivity contribution in [2.75, 3.05) is 18.7 Å². The second-order valence-electron chi connectivity index (χ2n) is 6.37. The van der Waals surface area contributed by atoms with Crippen LogP contribution in [0, 0.1) is 0 Å². The molecule has 1 aliphatic heterocycles. The van der Waals surface area contributed by atoms with E-state index in [2.05, 4.69) is 0 Å². The summed E-state index contributed by atoms with van der Waals surface area (Å²) in [4.78, 5) is 25.6. The molecule has 0 radical (unpaired) electrons. The molecule has 0 N–H and O–H groups in total. The molecule has 1 aromatic heterocycles. The molecule has 0 saturated carbocycles. The van der Waals surface area contributed by atoms with Gasteiger partial charge in [-0.05, 0) is 48.4 Å². The lowest BCUT2D eigenvalue weighted by atomic mass is 10.0. The molecule has 0 atom stereocenters. The van der Waals surface area contributed by atoms with Crippen LogP contribution in [0.3, 0.4) is 0 Å². The van der Waals surface area contributed by atoms with Gasteiger partial charge in [-0.3, -0.25) is 0 Å². The highest BCUT2D eigenvalue weighted by Crippen LogP contribution is 2.34. The van der Waals surface area contributed by atoms with E-state index in [0.29, 0.717) is 24.4 Å². The van der Waals surface area contributed by atoms with Crippen molar-refractivity contribution in [1.82, 2.24) is 0 Å². The number of esters is 1. The molecule has 27 heavy (non-hydrogen) atoms. The lowest BCUT2D eigenvalue weighted by Gasteiger charge is -2.31. The zero-order valence-corrected chi connectivity index (χ0v) is 15.2. The fourth-order valence-corrected chi connectivity index (χ4v) is 3.38. The Balaban J connectivity index is 1.73. The summed E-state index contributed by atoms with van der Waals surface area (Å²) in [5, 5.41) is 0.933. The van der Waals surface area contributed by atoms with Gasteiger partial charge in [0.05, 0.1) is 24.8 Å². The van der Waals surface area contributed by atoms with E-state index < -0.39 is 0 Å². The van der Waals surface area contributed by atoms with E-state index in [1.54, 1.807) is 18.2 Å². The Kier molecular flexibility index (Phi) is 4.32. The SMILES string of the molecule is CCc1cc(=O)oc2c3c(ccc12)OCN(c1ccc(C(=O)OC)cc1)C3. The molecule has 0 aliphatic carbocycles. The zero-order valence-electron chi connectivity index (χ0n) is 15.2. The van der Waals surface area contributed by atoms with Crippen LogP contribution in [-0.2, 0) is 17.7 Å². The molecule has 0 amide bonds. The zero-order chi connectivity index (χ0) is 19.0. The molecular formula is C21H19NO5. The summed E-state index contributed by atoms with van der Waals surface area (Å²) in [5.41, 5.74) is 3.43. The summed E-state index contributed by atoms with van der Waals surface area (Å²) < 4.78 is 16.1. The van der Waals surface area contributed by atoms with Crippen LogP contribution in [-0.4, -0.2) is 19.8 Å². The Morgan fingerprint density at radius 1 is 1.19 bits per heavy atom. The highest BCUT2D eigenvalue weighted by atomic mass is 16.5. The Hall–Kier alpha value is -3.28. The average Bonchev–Trinajstić information content (AvgIpc) is 2.72. The third-order valence-electron chi connectivity index (χ3n) is 4.82. The molecule has 6 nitrogen and oxygen atoms in total. The van der Waals surface area contributed by atoms with Gasteiger partial charge < -0.3 is 18.8 Å². The number of fused-ring (bicyclic) bond motifs is 3. The number of hydrogen-bond acceptors (Lipinski definition) is 6. The van der Waals surface area contributed by atoms with Gasteiger partial charge in [0.2, 0.25) is 0 Å². The van der Waals surface area contributed by atoms with Crippen molar-refractivity contribution in [2.45, 2.75) is 19.9 Å². The molecule has 3 aromatic rings. The van der Waals surface area contributed by atoms with E-state index in [9.17, 15) is 9.59 Å². The van der Waals surface area contributed by atoms with Crippen molar-refractivity contribution >= 4 is 22.6 Å². The van der Waals surface area contributed by atoms with Crippen LogP contribution in [0.5, 0.6) is 5.75 Å². The number of hydrogen-bond donors (Lipinski definition) is 0. The van der Waals surface area contributed by atoms with Crippen LogP contribution in [0.1, 0.15) is 28.4 Å². The molecule has 2 aromatic carbocycles. The molecule has 0 spiro atoms. The number of aryl methyl sites for hydroxylation is 1. The maximum atomic E-state index is 12.0. The number of nitrogens with zero attached hydrogens (tertiary/aromatic N) is 1. The van der Waals surface area contributed by atoms with Crippen molar-refractivity contribution in [3.8, 4) is 5.75 Å². The van der Waals surface area contributed by atoms with Crippen LogP contribution in [0.15, 0.2) is 51.7 Å². The predicted octanol–water partition coefficient (Wildman–Crippen LogP) is 3.50. The van der Waals surface area contributed by atoms with Gasteiger partial charge >= 0.3 is 11.6 Å². The van der Waals surface area contributed by atoms with Gasteiger partial charge in [0.25, 0.3) is 0 Å². The first kappa shape index (κ1) is 17.1. The normalized spacial score (nSPS) is 13.2. The number of methoxy groups -OCH3 is 1. The molecule has 138 valence electrons. The van der Waals surface area contributed by atoms with Crippen molar-refractivity contribution in [1.29, 1.82) is 0 Å². The molecule has 0 saturated heterocycles. The summed E-state index contributed by atoms with van der Waals surface area (Å²) in [6, 6.07) is 12.5. The lowest BCUT2D eigenvalue weighted by Crippen LogP contribution is -2.32. The maximum Gasteiger partial charge on any atom is 0.337 e. The maximum absolute atomic E-state index is 12.0. The monoisotopic (exact) mass is 365 g/mol. The smallest absolute Gasteiger partial charge is 0.337 e. The Bertz CT molecular complexity index is 1070. The van der Waals surface area contributed by atoms with Crippen LogP contribution in [0.25, 0.3) is 11.0 Å². The Labute approximate surface area is 155 Å². The Morgan fingerprint density at radius 3 is 2.67 bits per heavy atom. The second kappa shape index (κ2) is 6.79. The lowest BCUT2D eigenvalue weighted by molar-refractivity contribution is 0.0601. The fourth-order valence-electron chi connectivity index (χ4n) is 3.38. The van der Waals surface area contributed by atoms with Crippen LogP contribution in [0.2, 0.25) is 0 Å². The number of rotatable bonds is 3. The molecule has 0 fully saturated rings. The minimum Gasteiger partial charge on any atom is -0.473 e. The van der Waals surface area contributed by atoms with E-state index in [-0.39, 0.29) is 11.6 Å². The highest BCUT2D eigenvalue weighted by Gasteiger charge is 2.22. The van der Waals surface area contributed by atoms with Crippen LogP contribution >= 0.6 is 0 Å². The molecule has 1 aliphatic rings. The molecular weight excluding hydrogens is 346 g/mol. The summed E-state index contributed by atoms with van der Waals surface area (Å²) in [5.74, 6) is 0.350. The third-order valence-corrected chi connectivity index (χ3v) is 4.82. The summed E-state index contributed by atoms with van der Waals surface area (Å²) in [6.45, 7) is 2.92. The topological polar surface area (TPSA) is 69.0 Å². The van der Waals surface area contributed by atoms with Gasteiger partial charge in [-0.1, -0.05) is 6.92 Å². The van der Waals surface area contributed by atoms with Gasteiger partial charge in [0.15, 0.2) is 6.73 Å². The van der Waals surface area contributed by atoms with Gasteiger partial charge in [0.1, 0.15) is 11.3 Å². The van der Waals surface area contributed by atoms with Gasteiger partial charge in [-0.15, -0.1) is 0 Å². The highest BCUT2D eigenvalue weighted by molar-refractivity contribution is 5.90. The van der Waals surface area contributed by atoms with Gasteiger partial charge in [-0.2, -0.15) is 0 Å². The first-order valence-corrected chi connectivity index (χ1v) is 8.75. The van der Waals surface area contributed by atoms with Gasteiger partial charge in [0, 0.05) is 17.1 Å². The first-order chi connectivity index (χ1) is 13.1. The third kappa shape index (κ3) is 3.03. The summed E-state index contributed by atoms with van der Waals surface area (Å²) in [6.07, 6.45) is 0.750. The first-order valence-electron chi connectivity index (χ1n) is 8.75. The van der Waals surface area contributed by atoms with Crippen LogP contribution < -0.4 is 15.3 Å². The van der Waals surface area contributed by atoms with Crippen molar-refractivity contribution in [3.63, 3.8) is 0 Å². The molecule has 0 unspecified atom stereocenters. The second-order valence-corrected chi connectivity index (χ2v) is 6.37. The molecule has 0 bridgehead atoms. The van der Waals surface area contributed by atoms with E-state index >= 15 is 0 Å². The van der Waals surface area contributed by atoms with E-state index in [1.807, 2.05) is 36.1 Å². The summed E-state index contributed by atoms with van der Waals surface area (Å²) >= 11 is 0. The number of benzene rings is 2. The number of carbonyl (C=O) groups is 1. The van der Waals surface area contributed by atoms with Gasteiger partial charge in [-0.25, -0.2) is 9.59 Å². The quantitative estimate of drug-likeness (QED) is 0.523. The van der Waals surface area contributed by atoms with Crippen molar-refractivity contribution in [3.05, 3.63) is 69.6 Å². The average molecular weight is 365 g/mol. The number of carbonyl (C=O) groups excluding carboxylic acids is 1. The van der Waals surface area contributed by atoms with E-state index in [4.69, 9.17) is 13.9 Å². The summed E-state index contributed by atoms with van der Waals surface area (Å²) in [7, 11) is 1.36. The predicted molar refractivity (Wildman–Crippen MR) is 101 cm³/mol. The standard InChI is InChI=1S/C21H19NO5/c1-3-13-10-19(23)27-20-16(13)8-9-18-17(20)11-22(12-26-18)15-6-4-14(5-7-15)21(24)25-2/h4-10H,3,11-12H2,1-2H3. The fraction of sp³-hybridized carbons (Fsp3) is 0.238. The molecule has 4 rings (SSSR count). The minimum atomic E-state index is -0.373. The molecule has 2 heterocycles. The van der Waals surface area contributed by atoms with E-state index in [1.165, 1.54) is 7.11 Å². The Morgan fingerprint density at radius 2 is 1.96 bits per heavy atom. The van der Waals surface area contributed by atoms with Crippen molar-refractivity contribution < 1.29 is 18.7 Å². The number of ether oxygens (including phenoxy) is 2. The molecule has 6 heteroatoms. The van der Waals surface area contributed by atoms with E-state index in [0.717, 1.165) is 34.4 Å². The van der Waals surface area contributed by atoms with Crippen LogP contribution in [0.4, 0.5) is 5.69 Å².